The van der Waals surface area contributed by atoms with E-state index >= 15 is 0 Å². The van der Waals surface area contributed by atoms with Gasteiger partial charge >= 0.3 is 0 Å². The minimum atomic E-state index is -0.0430. The Morgan fingerprint density at radius 2 is 1.83 bits per heavy atom. The number of carbonyl (C=O) groups is 2. The summed E-state index contributed by atoms with van der Waals surface area (Å²) >= 11 is 0. The number of rotatable bonds is 7. The molecule has 0 saturated heterocycles. The monoisotopic (exact) mass is 322 g/mol. The lowest BCUT2D eigenvalue weighted by Gasteiger charge is -2.21. The molecule has 1 saturated carbocycles. The molecule has 2 aromatic rings. The van der Waals surface area contributed by atoms with Crippen LogP contribution in [0.2, 0.25) is 0 Å². The molecule has 3 rings (SSSR count). The van der Waals surface area contributed by atoms with Gasteiger partial charge in [0.2, 0.25) is 5.91 Å². The Bertz CT molecular complexity index is 723. The molecule has 0 radical (unpaired) electrons. The van der Waals surface area contributed by atoms with Crippen LogP contribution in [0.25, 0.3) is 0 Å². The van der Waals surface area contributed by atoms with E-state index in [1.165, 1.54) is 12.5 Å². The predicted octanol–water partition coefficient (Wildman–Crippen LogP) is 3.49. The maximum Gasteiger partial charge on any atom is 0.238 e. The van der Waals surface area contributed by atoms with Gasteiger partial charge in [-0.2, -0.15) is 0 Å². The van der Waals surface area contributed by atoms with Crippen molar-refractivity contribution in [2.75, 3.05) is 11.9 Å². The first-order valence-corrected chi connectivity index (χ1v) is 8.30. The van der Waals surface area contributed by atoms with E-state index in [1.807, 2.05) is 24.3 Å². The normalized spacial score (nSPS) is 13.8. The van der Waals surface area contributed by atoms with Crippen molar-refractivity contribution < 1.29 is 9.59 Å². The Balaban J connectivity index is 1.62. The first kappa shape index (κ1) is 16.4. The Kier molecular flexibility index (Phi) is 5.06. The number of nitrogens with one attached hydrogen (secondary N) is 1. The molecule has 2 aromatic carbocycles. The Morgan fingerprint density at radius 1 is 1.08 bits per heavy atom. The second-order valence-corrected chi connectivity index (χ2v) is 6.31. The number of hydrogen-bond donors (Lipinski definition) is 1. The molecule has 0 unspecified atom stereocenters. The second-order valence-electron chi connectivity index (χ2n) is 6.31. The Hall–Kier alpha value is -2.46. The van der Waals surface area contributed by atoms with Gasteiger partial charge in [-0.05, 0) is 37.5 Å². The maximum atomic E-state index is 12.4. The van der Waals surface area contributed by atoms with Gasteiger partial charge in [-0.25, -0.2) is 0 Å². The van der Waals surface area contributed by atoms with E-state index in [1.54, 1.807) is 18.2 Å². The van der Waals surface area contributed by atoms with Crippen LogP contribution in [0.1, 0.15) is 35.7 Å². The van der Waals surface area contributed by atoms with E-state index in [9.17, 15) is 9.59 Å². The van der Waals surface area contributed by atoms with Gasteiger partial charge in [0.05, 0.1) is 6.54 Å². The van der Waals surface area contributed by atoms with Crippen LogP contribution in [0, 0.1) is 0 Å². The topological polar surface area (TPSA) is 49.4 Å². The van der Waals surface area contributed by atoms with E-state index in [4.69, 9.17) is 0 Å². The number of benzene rings is 2. The van der Waals surface area contributed by atoms with Crippen molar-refractivity contribution in [1.82, 2.24) is 4.90 Å². The number of Topliss-reactive ketones (excluding diaryl/α,β-unsaturated/α-hetero) is 1. The van der Waals surface area contributed by atoms with Crippen LogP contribution >= 0.6 is 0 Å². The number of anilines is 1. The van der Waals surface area contributed by atoms with Crippen molar-refractivity contribution in [1.29, 1.82) is 0 Å². The summed E-state index contributed by atoms with van der Waals surface area (Å²) in [7, 11) is 0. The molecule has 1 aliphatic rings. The van der Waals surface area contributed by atoms with Gasteiger partial charge in [0.1, 0.15) is 0 Å². The zero-order valence-corrected chi connectivity index (χ0v) is 13.9. The molecule has 124 valence electrons. The molecule has 0 bridgehead atoms. The molecule has 4 nitrogen and oxygen atoms in total. The Morgan fingerprint density at radius 3 is 2.50 bits per heavy atom. The number of amides is 1. The zero-order valence-electron chi connectivity index (χ0n) is 13.9. The summed E-state index contributed by atoms with van der Waals surface area (Å²) in [5, 5.41) is 2.90. The molecule has 24 heavy (non-hydrogen) atoms. The van der Waals surface area contributed by atoms with Crippen molar-refractivity contribution in [2.24, 2.45) is 0 Å². The number of carbonyl (C=O) groups excluding carboxylic acids is 2. The zero-order chi connectivity index (χ0) is 16.9. The van der Waals surface area contributed by atoms with Crippen LogP contribution < -0.4 is 5.32 Å². The van der Waals surface area contributed by atoms with Crippen LogP contribution in [0.15, 0.2) is 54.6 Å². The van der Waals surface area contributed by atoms with Crippen LogP contribution in [0.5, 0.6) is 0 Å². The third-order valence-corrected chi connectivity index (χ3v) is 4.19. The first-order valence-electron chi connectivity index (χ1n) is 8.30. The van der Waals surface area contributed by atoms with Crippen LogP contribution in [-0.4, -0.2) is 29.2 Å². The lowest BCUT2D eigenvalue weighted by atomic mass is 10.1. The first-order chi connectivity index (χ1) is 11.6. The number of ketones is 1. The van der Waals surface area contributed by atoms with Crippen LogP contribution in [-0.2, 0) is 11.3 Å². The van der Waals surface area contributed by atoms with E-state index in [-0.39, 0.29) is 11.7 Å². The molecule has 4 heteroatoms. The summed E-state index contributed by atoms with van der Waals surface area (Å²) in [5.41, 5.74) is 2.50. The highest BCUT2D eigenvalue weighted by molar-refractivity contribution is 5.97. The van der Waals surface area contributed by atoms with Crippen LogP contribution in [0.4, 0.5) is 5.69 Å². The fourth-order valence-corrected chi connectivity index (χ4v) is 2.77. The molecular formula is C20H22N2O2. The van der Waals surface area contributed by atoms with Gasteiger partial charge in [-0.15, -0.1) is 0 Å². The van der Waals surface area contributed by atoms with Gasteiger partial charge < -0.3 is 5.32 Å². The largest absolute Gasteiger partial charge is 0.325 e. The molecule has 1 aliphatic carbocycles. The lowest BCUT2D eigenvalue weighted by molar-refractivity contribution is -0.117. The molecular weight excluding hydrogens is 300 g/mol. The predicted molar refractivity (Wildman–Crippen MR) is 95.0 cm³/mol. The lowest BCUT2D eigenvalue weighted by Crippen LogP contribution is -2.34. The molecule has 0 aromatic heterocycles. The molecule has 0 spiro atoms. The van der Waals surface area contributed by atoms with Gasteiger partial charge in [0.15, 0.2) is 5.78 Å². The highest BCUT2D eigenvalue weighted by atomic mass is 16.2. The van der Waals surface area contributed by atoms with Gasteiger partial charge in [-0.1, -0.05) is 42.5 Å². The summed E-state index contributed by atoms with van der Waals surface area (Å²) in [4.78, 5) is 26.1. The maximum absolute atomic E-state index is 12.4. The molecule has 1 N–H and O–H groups in total. The molecule has 1 fully saturated rings. The molecule has 0 aliphatic heterocycles. The van der Waals surface area contributed by atoms with Crippen molar-refractivity contribution in [3.05, 3.63) is 65.7 Å². The average molecular weight is 322 g/mol. The average Bonchev–Trinajstić information content (AvgIpc) is 3.40. The quantitative estimate of drug-likeness (QED) is 0.794. The Labute approximate surface area is 142 Å². The summed E-state index contributed by atoms with van der Waals surface area (Å²) in [6.07, 6.45) is 2.31. The van der Waals surface area contributed by atoms with Gasteiger partial charge in [-0.3, -0.25) is 14.5 Å². The van der Waals surface area contributed by atoms with E-state index in [0.29, 0.717) is 23.8 Å². The van der Waals surface area contributed by atoms with Crippen LogP contribution in [0.3, 0.4) is 0 Å². The third-order valence-electron chi connectivity index (χ3n) is 4.19. The third kappa shape index (κ3) is 4.52. The molecule has 1 amide bonds. The highest BCUT2D eigenvalue weighted by Crippen LogP contribution is 2.28. The summed E-state index contributed by atoms with van der Waals surface area (Å²) in [6, 6.07) is 17.8. The van der Waals surface area contributed by atoms with Gasteiger partial charge in [0.25, 0.3) is 0 Å². The highest BCUT2D eigenvalue weighted by Gasteiger charge is 2.30. The fourth-order valence-electron chi connectivity index (χ4n) is 2.77. The number of nitrogens with zero attached hydrogens (tertiary/aromatic N) is 1. The fraction of sp³-hybridized carbons (Fsp3) is 0.300. The minimum Gasteiger partial charge on any atom is -0.325 e. The van der Waals surface area contributed by atoms with Crippen molar-refractivity contribution in [3.8, 4) is 0 Å². The van der Waals surface area contributed by atoms with E-state index in [0.717, 1.165) is 19.4 Å². The molecule has 0 heterocycles. The van der Waals surface area contributed by atoms with Crippen molar-refractivity contribution in [3.63, 3.8) is 0 Å². The minimum absolute atomic E-state index is 0.00483. The standard InChI is InChI=1S/C20H22N2O2/c1-15(23)17-8-5-9-18(12-17)21-20(24)14-22(19-10-11-19)13-16-6-3-2-4-7-16/h2-9,12,19H,10-11,13-14H2,1H3,(H,21,24). The summed E-state index contributed by atoms with van der Waals surface area (Å²) in [6.45, 7) is 2.67. The smallest absolute Gasteiger partial charge is 0.238 e. The number of hydrogen-bond acceptors (Lipinski definition) is 3. The van der Waals surface area contributed by atoms with Crippen molar-refractivity contribution >= 4 is 17.4 Å². The summed E-state index contributed by atoms with van der Waals surface area (Å²) < 4.78 is 0. The SMILES string of the molecule is CC(=O)c1cccc(NC(=O)CN(Cc2ccccc2)C2CC2)c1. The van der Waals surface area contributed by atoms with Crippen molar-refractivity contribution in [2.45, 2.75) is 32.4 Å². The van der Waals surface area contributed by atoms with Gasteiger partial charge in [0, 0.05) is 23.8 Å². The van der Waals surface area contributed by atoms with E-state index < -0.39 is 0 Å². The summed E-state index contributed by atoms with van der Waals surface area (Å²) in [5.74, 6) is -0.0479. The second kappa shape index (κ2) is 7.41. The van der Waals surface area contributed by atoms with E-state index in [2.05, 4.69) is 22.3 Å². The molecule has 0 atom stereocenters.